The van der Waals surface area contributed by atoms with Gasteiger partial charge in [-0.3, -0.25) is 9.59 Å². The van der Waals surface area contributed by atoms with E-state index in [0.29, 0.717) is 24.2 Å². The van der Waals surface area contributed by atoms with Crippen LogP contribution in [-0.4, -0.2) is 53.1 Å². The van der Waals surface area contributed by atoms with Crippen molar-refractivity contribution in [2.75, 3.05) is 6.54 Å². The third-order valence-electron chi connectivity index (χ3n) is 9.15. The van der Waals surface area contributed by atoms with E-state index < -0.39 is 11.6 Å². The van der Waals surface area contributed by atoms with Crippen molar-refractivity contribution in [1.82, 2.24) is 10.2 Å². The number of amides is 1. The predicted octanol–water partition coefficient (Wildman–Crippen LogP) is 1.46. The molecule has 4 bridgehead atoms. The Bertz CT molecular complexity index is 802. The minimum absolute atomic E-state index is 0.0348. The van der Waals surface area contributed by atoms with Crippen LogP contribution in [0.15, 0.2) is 0 Å². The Morgan fingerprint density at radius 1 is 1.17 bits per heavy atom. The number of nitrogens with zero attached hydrogens (tertiary/aromatic N) is 2. The highest BCUT2D eigenvalue weighted by atomic mass is 16.6. The van der Waals surface area contributed by atoms with E-state index in [1.54, 1.807) is 0 Å². The maximum absolute atomic E-state index is 13.5. The highest BCUT2D eigenvalue weighted by molar-refractivity contribution is 5.84. The van der Waals surface area contributed by atoms with Crippen LogP contribution in [0.5, 0.6) is 0 Å². The number of likely N-dealkylation sites (tertiary alicyclic amines) is 1. The summed E-state index contributed by atoms with van der Waals surface area (Å²) >= 11 is 0. The minimum Gasteiger partial charge on any atom is -0.458 e. The molecule has 5 aliphatic carbocycles. The normalized spacial score (nSPS) is 48.9. The van der Waals surface area contributed by atoms with Crippen LogP contribution in [0, 0.1) is 34.5 Å². The maximum atomic E-state index is 13.5. The number of hydrogen-bond donors (Lipinski definition) is 2. The molecule has 2 saturated heterocycles. The number of hydrogen-bond acceptors (Lipinski definition) is 6. The molecule has 0 aromatic carbocycles. The zero-order valence-electron chi connectivity index (χ0n) is 17.5. The zero-order valence-corrected chi connectivity index (χ0v) is 17.5. The van der Waals surface area contributed by atoms with Crippen LogP contribution < -0.4 is 11.1 Å². The molecule has 2 aliphatic heterocycles. The minimum atomic E-state index is -0.596. The van der Waals surface area contributed by atoms with Gasteiger partial charge in [0.1, 0.15) is 17.7 Å². The van der Waals surface area contributed by atoms with Gasteiger partial charge in [0.25, 0.3) is 0 Å². The quantitative estimate of drug-likeness (QED) is 0.677. The summed E-state index contributed by atoms with van der Waals surface area (Å²) in [5.74, 6) is 1.30. The fourth-order valence-corrected chi connectivity index (χ4v) is 8.21. The lowest BCUT2D eigenvalue weighted by Gasteiger charge is -2.62. The zero-order chi connectivity index (χ0) is 20.7. The molecule has 7 unspecified atom stereocenters. The summed E-state index contributed by atoms with van der Waals surface area (Å²) in [4.78, 5) is 28.2. The van der Waals surface area contributed by atoms with Gasteiger partial charge >= 0.3 is 5.97 Å². The number of rotatable bonds is 4. The van der Waals surface area contributed by atoms with Crippen LogP contribution in [0.3, 0.4) is 0 Å². The van der Waals surface area contributed by atoms with Gasteiger partial charge in [0.05, 0.1) is 12.1 Å². The van der Waals surface area contributed by atoms with Crippen LogP contribution in [0.25, 0.3) is 0 Å². The first-order valence-corrected chi connectivity index (χ1v) is 11.9. The Morgan fingerprint density at radius 2 is 1.93 bits per heavy atom. The van der Waals surface area contributed by atoms with Gasteiger partial charge in [0.15, 0.2) is 0 Å². The average molecular weight is 413 g/mol. The first-order valence-electron chi connectivity index (χ1n) is 11.9. The molecule has 0 aromatic heterocycles. The molecule has 162 valence electrons. The van der Waals surface area contributed by atoms with Gasteiger partial charge in [-0.2, -0.15) is 5.26 Å². The summed E-state index contributed by atoms with van der Waals surface area (Å²) in [7, 11) is 0. The Kier molecular flexibility index (Phi) is 4.09. The second kappa shape index (κ2) is 6.43. The van der Waals surface area contributed by atoms with E-state index in [-0.39, 0.29) is 35.4 Å². The largest absolute Gasteiger partial charge is 0.458 e. The van der Waals surface area contributed by atoms with Crippen molar-refractivity contribution in [2.45, 2.75) is 94.0 Å². The van der Waals surface area contributed by atoms with Gasteiger partial charge in [0, 0.05) is 6.04 Å². The van der Waals surface area contributed by atoms with Crippen molar-refractivity contribution in [2.24, 2.45) is 28.9 Å². The Hall–Kier alpha value is -1.65. The molecule has 7 rings (SSSR count). The first kappa shape index (κ1) is 19.1. The van der Waals surface area contributed by atoms with E-state index in [9.17, 15) is 14.9 Å². The van der Waals surface area contributed by atoms with E-state index in [1.165, 1.54) is 6.42 Å². The first-order chi connectivity index (χ1) is 14.4. The molecule has 1 amide bonds. The van der Waals surface area contributed by atoms with Gasteiger partial charge in [0.2, 0.25) is 5.91 Å². The SMILES string of the molecule is N#CC1CC2CC2N1C(=O)C(N)C12CC3CC(CC(OC(=O)C4CCCN4)(C3)C1)C2. The summed E-state index contributed by atoms with van der Waals surface area (Å²) in [5, 5.41) is 12.8. The fraction of sp³-hybridized carbons (Fsp3) is 0.870. The summed E-state index contributed by atoms with van der Waals surface area (Å²) in [6.45, 7) is 0.874. The molecule has 2 heterocycles. The standard InChI is InChI=1S/C23H32N4O3/c24-11-16-5-15-6-18(15)27(16)20(28)19(25)22-7-13-4-14(8-22)10-23(9-13,12-22)30-21(29)17-2-1-3-26-17/h13-19,26H,1-10,12,25H2. The van der Waals surface area contributed by atoms with Crippen molar-refractivity contribution in [1.29, 1.82) is 5.26 Å². The van der Waals surface area contributed by atoms with Gasteiger partial charge in [-0.1, -0.05) is 0 Å². The molecule has 7 fully saturated rings. The van der Waals surface area contributed by atoms with Gasteiger partial charge in [-0.25, -0.2) is 0 Å². The summed E-state index contributed by atoms with van der Waals surface area (Å²) in [6, 6.07) is 1.45. The van der Waals surface area contributed by atoms with Crippen LogP contribution in [-0.2, 0) is 14.3 Å². The fourth-order valence-electron chi connectivity index (χ4n) is 8.21. The highest BCUT2D eigenvalue weighted by Crippen LogP contribution is 2.64. The lowest BCUT2D eigenvalue weighted by Crippen LogP contribution is -2.66. The maximum Gasteiger partial charge on any atom is 0.323 e. The third-order valence-corrected chi connectivity index (χ3v) is 9.15. The van der Waals surface area contributed by atoms with E-state index in [1.807, 2.05) is 4.90 Å². The van der Waals surface area contributed by atoms with Crippen LogP contribution in [0.4, 0.5) is 0 Å². The van der Waals surface area contributed by atoms with E-state index in [2.05, 4.69) is 11.4 Å². The monoisotopic (exact) mass is 412 g/mol. The van der Waals surface area contributed by atoms with E-state index in [4.69, 9.17) is 10.5 Å². The number of fused-ring (bicyclic) bond motifs is 1. The summed E-state index contributed by atoms with van der Waals surface area (Å²) in [5.41, 5.74) is 6.00. The topological polar surface area (TPSA) is 108 Å². The van der Waals surface area contributed by atoms with Crippen molar-refractivity contribution in [3.05, 3.63) is 0 Å². The molecular formula is C23H32N4O3. The van der Waals surface area contributed by atoms with Crippen LogP contribution in [0.2, 0.25) is 0 Å². The van der Waals surface area contributed by atoms with Crippen molar-refractivity contribution >= 4 is 11.9 Å². The molecule has 3 N–H and O–H groups in total. The number of nitrogens with two attached hydrogens (primary N) is 1. The molecule has 7 heteroatoms. The number of carbonyl (C=O) groups excluding carboxylic acids is 2. The molecular weight excluding hydrogens is 380 g/mol. The highest BCUT2D eigenvalue weighted by Gasteiger charge is 2.64. The predicted molar refractivity (Wildman–Crippen MR) is 108 cm³/mol. The van der Waals surface area contributed by atoms with Gasteiger partial charge < -0.3 is 20.7 Å². The van der Waals surface area contributed by atoms with E-state index in [0.717, 1.165) is 57.9 Å². The second-order valence-electron chi connectivity index (χ2n) is 11.2. The van der Waals surface area contributed by atoms with E-state index >= 15 is 0 Å². The molecule has 7 nitrogen and oxygen atoms in total. The Balaban J connectivity index is 1.24. The molecule has 7 atom stereocenters. The number of piperidine rings is 1. The lowest BCUT2D eigenvalue weighted by atomic mass is 9.46. The number of nitrogens with one attached hydrogen (secondary N) is 1. The average Bonchev–Trinajstić information content (AvgIpc) is 3.12. The smallest absolute Gasteiger partial charge is 0.323 e. The van der Waals surface area contributed by atoms with Gasteiger partial charge in [-0.05, 0) is 93.9 Å². The van der Waals surface area contributed by atoms with Crippen LogP contribution >= 0.6 is 0 Å². The number of nitriles is 1. The Morgan fingerprint density at radius 3 is 2.60 bits per heavy atom. The van der Waals surface area contributed by atoms with Crippen molar-refractivity contribution in [3.63, 3.8) is 0 Å². The van der Waals surface area contributed by atoms with Crippen LogP contribution in [0.1, 0.15) is 64.2 Å². The van der Waals surface area contributed by atoms with Crippen molar-refractivity contribution < 1.29 is 14.3 Å². The molecule has 0 aromatic rings. The number of ether oxygens (including phenoxy) is 1. The Labute approximate surface area is 177 Å². The molecule has 30 heavy (non-hydrogen) atoms. The summed E-state index contributed by atoms with van der Waals surface area (Å²) in [6.07, 6.45) is 9.29. The number of esters is 1. The molecule has 7 aliphatic rings. The third kappa shape index (κ3) is 2.76. The van der Waals surface area contributed by atoms with Gasteiger partial charge in [-0.15, -0.1) is 0 Å². The molecule has 0 radical (unpaired) electrons. The lowest BCUT2D eigenvalue weighted by molar-refractivity contribution is -0.207. The number of carbonyl (C=O) groups is 2. The molecule has 0 spiro atoms. The second-order valence-corrected chi connectivity index (χ2v) is 11.2. The summed E-state index contributed by atoms with van der Waals surface area (Å²) < 4.78 is 6.25. The molecule has 5 saturated carbocycles. The van der Waals surface area contributed by atoms with Crippen molar-refractivity contribution in [3.8, 4) is 6.07 Å².